The molecule has 0 unspecified atom stereocenters. The van der Waals surface area contributed by atoms with Crippen molar-refractivity contribution in [2.75, 3.05) is 0 Å². The molecule has 0 spiro atoms. The zero-order valence-corrected chi connectivity index (χ0v) is 9.09. The van der Waals surface area contributed by atoms with Gasteiger partial charge in [-0.25, -0.2) is 0 Å². The van der Waals surface area contributed by atoms with Crippen molar-refractivity contribution in [3.05, 3.63) is 48.0 Å². The van der Waals surface area contributed by atoms with Crippen LogP contribution in [0, 0.1) is 0 Å². The van der Waals surface area contributed by atoms with Crippen molar-refractivity contribution < 1.29 is 0 Å². The Morgan fingerprint density at radius 3 is 2.20 bits per heavy atom. The van der Waals surface area contributed by atoms with Gasteiger partial charge in [0.05, 0.1) is 0 Å². The van der Waals surface area contributed by atoms with Crippen LogP contribution in [0.1, 0.15) is 30.9 Å². The fourth-order valence-electron chi connectivity index (χ4n) is 1.52. The molecule has 1 heterocycles. The minimum atomic E-state index is 0.592. The van der Waals surface area contributed by atoms with E-state index in [4.69, 9.17) is 0 Å². The van der Waals surface area contributed by atoms with Crippen molar-refractivity contribution in [1.29, 1.82) is 0 Å². The molecule has 0 saturated carbocycles. The van der Waals surface area contributed by atoms with E-state index in [0.717, 1.165) is 6.54 Å². The fraction of sp³-hybridized carbons (Fsp3) is 0.333. The van der Waals surface area contributed by atoms with Crippen LogP contribution >= 0.6 is 0 Å². The molecule has 15 heavy (non-hydrogen) atoms. The molecular formula is C12H15N3. The number of hydrogen-bond acceptors (Lipinski definition) is 2. The van der Waals surface area contributed by atoms with Crippen molar-refractivity contribution in [2.45, 2.75) is 26.3 Å². The first-order valence-corrected chi connectivity index (χ1v) is 5.17. The van der Waals surface area contributed by atoms with Crippen LogP contribution in [0.15, 0.2) is 36.9 Å². The second kappa shape index (κ2) is 4.26. The van der Waals surface area contributed by atoms with Crippen LogP contribution in [0.5, 0.6) is 0 Å². The highest BCUT2D eigenvalue weighted by Crippen LogP contribution is 2.14. The zero-order chi connectivity index (χ0) is 10.7. The smallest absolute Gasteiger partial charge is 0.119 e. The number of aromatic nitrogens is 3. The molecule has 0 atom stereocenters. The first-order valence-electron chi connectivity index (χ1n) is 5.17. The lowest BCUT2D eigenvalue weighted by molar-refractivity contribution is 0.791. The molecule has 0 fully saturated rings. The topological polar surface area (TPSA) is 30.7 Å². The van der Waals surface area contributed by atoms with Gasteiger partial charge in [-0.05, 0) is 17.0 Å². The lowest BCUT2D eigenvalue weighted by Gasteiger charge is -2.06. The van der Waals surface area contributed by atoms with E-state index >= 15 is 0 Å². The monoisotopic (exact) mass is 201 g/mol. The average Bonchev–Trinajstić information content (AvgIpc) is 2.71. The maximum Gasteiger partial charge on any atom is 0.119 e. The van der Waals surface area contributed by atoms with Gasteiger partial charge in [-0.1, -0.05) is 38.1 Å². The Morgan fingerprint density at radius 2 is 1.67 bits per heavy atom. The molecule has 0 amide bonds. The summed E-state index contributed by atoms with van der Waals surface area (Å²) in [5, 5.41) is 7.55. The van der Waals surface area contributed by atoms with Gasteiger partial charge < -0.3 is 4.57 Å². The van der Waals surface area contributed by atoms with Crippen molar-refractivity contribution in [3.63, 3.8) is 0 Å². The summed E-state index contributed by atoms with van der Waals surface area (Å²) in [7, 11) is 0. The summed E-state index contributed by atoms with van der Waals surface area (Å²) in [5.41, 5.74) is 2.65. The SMILES string of the molecule is CC(C)c1ccc(Cn2cnnc2)cc1. The summed E-state index contributed by atoms with van der Waals surface area (Å²) in [6, 6.07) is 8.69. The van der Waals surface area contributed by atoms with Gasteiger partial charge in [-0.3, -0.25) is 0 Å². The van der Waals surface area contributed by atoms with Gasteiger partial charge in [0, 0.05) is 6.54 Å². The Labute approximate surface area is 89.8 Å². The Kier molecular flexibility index (Phi) is 2.81. The van der Waals surface area contributed by atoms with E-state index in [9.17, 15) is 0 Å². The molecule has 0 aliphatic carbocycles. The van der Waals surface area contributed by atoms with Crippen LogP contribution in [-0.4, -0.2) is 14.8 Å². The molecule has 0 bridgehead atoms. The van der Waals surface area contributed by atoms with Crippen LogP contribution in [-0.2, 0) is 6.54 Å². The molecule has 1 aromatic heterocycles. The Hall–Kier alpha value is -1.64. The molecule has 0 saturated heterocycles. The highest BCUT2D eigenvalue weighted by Gasteiger charge is 1.99. The summed E-state index contributed by atoms with van der Waals surface area (Å²) in [5.74, 6) is 0.592. The van der Waals surface area contributed by atoms with Crippen LogP contribution in [0.4, 0.5) is 0 Å². The summed E-state index contributed by atoms with van der Waals surface area (Å²) in [6.45, 7) is 5.24. The van der Waals surface area contributed by atoms with Crippen LogP contribution in [0.2, 0.25) is 0 Å². The Morgan fingerprint density at radius 1 is 1.07 bits per heavy atom. The summed E-state index contributed by atoms with van der Waals surface area (Å²) >= 11 is 0. The van der Waals surface area contributed by atoms with E-state index in [1.165, 1.54) is 11.1 Å². The second-order valence-corrected chi connectivity index (χ2v) is 4.03. The van der Waals surface area contributed by atoms with Crippen molar-refractivity contribution in [1.82, 2.24) is 14.8 Å². The first-order chi connectivity index (χ1) is 7.25. The number of rotatable bonds is 3. The molecular weight excluding hydrogens is 186 g/mol. The largest absolute Gasteiger partial charge is 0.316 e. The third kappa shape index (κ3) is 2.43. The molecule has 2 aromatic rings. The van der Waals surface area contributed by atoms with Gasteiger partial charge in [0.15, 0.2) is 0 Å². The fourth-order valence-corrected chi connectivity index (χ4v) is 1.52. The van der Waals surface area contributed by atoms with Gasteiger partial charge in [-0.15, -0.1) is 10.2 Å². The molecule has 1 aromatic carbocycles. The minimum Gasteiger partial charge on any atom is -0.316 e. The molecule has 0 aliphatic rings. The maximum atomic E-state index is 3.78. The Balaban J connectivity index is 2.11. The standard InChI is InChI=1S/C12H15N3/c1-10(2)12-5-3-11(4-6-12)7-15-8-13-14-9-15/h3-6,8-10H,7H2,1-2H3. The van der Waals surface area contributed by atoms with E-state index < -0.39 is 0 Å². The highest BCUT2D eigenvalue weighted by molar-refractivity contribution is 5.24. The molecule has 78 valence electrons. The Bertz CT molecular complexity index is 401. The van der Waals surface area contributed by atoms with Crippen LogP contribution < -0.4 is 0 Å². The van der Waals surface area contributed by atoms with Gasteiger partial charge >= 0.3 is 0 Å². The van der Waals surface area contributed by atoms with Crippen LogP contribution in [0.3, 0.4) is 0 Å². The van der Waals surface area contributed by atoms with Gasteiger partial charge in [0.25, 0.3) is 0 Å². The van der Waals surface area contributed by atoms with Crippen molar-refractivity contribution in [2.24, 2.45) is 0 Å². The molecule has 2 rings (SSSR count). The van der Waals surface area contributed by atoms with Gasteiger partial charge in [0.1, 0.15) is 12.7 Å². The third-order valence-corrected chi connectivity index (χ3v) is 2.48. The highest BCUT2D eigenvalue weighted by atomic mass is 15.2. The van der Waals surface area contributed by atoms with Crippen LogP contribution in [0.25, 0.3) is 0 Å². The molecule has 0 aliphatic heterocycles. The normalized spacial score (nSPS) is 10.9. The van der Waals surface area contributed by atoms with Crippen molar-refractivity contribution in [3.8, 4) is 0 Å². The third-order valence-electron chi connectivity index (χ3n) is 2.48. The van der Waals surface area contributed by atoms with E-state index in [2.05, 4.69) is 48.3 Å². The van der Waals surface area contributed by atoms with Gasteiger partial charge in [-0.2, -0.15) is 0 Å². The van der Waals surface area contributed by atoms with E-state index in [1.54, 1.807) is 12.7 Å². The summed E-state index contributed by atoms with van der Waals surface area (Å²) in [6.07, 6.45) is 3.46. The van der Waals surface area contributed by atoms with E-state index in [0.29, 0.717) is 5.92 Å². The average molecular weight is 201 g/mol. The number of nitrogens with zero attached hydrogens (tertiary/aromatic N) is 3. The zero-order valence-electron chi connectivity index (χ0n) is 9.09. The summed E-state index contributed by atoms with van der Waals surface area (Å²) in [4.78, 5) is 0. The summed E-state index contributed by atoms with van der Waals surface area (Å²) < 4.78 is 1.96. The number of benzene rings is 1. The predicted molar refractivity (Wildman–Crippen MR) is 59.7 cm³/mol. The van der Waals surface area contributed by atoms with Crippen molar-refractivity contribution >= 4 is 0 Å². The molecule has 0 N–H and O–H groups in total. The number of hydrogen-bond donors (Lipinski definition) is 0. The van der Waals surface area contributed by atoms with E-state index in [-0.39, 0.29) is 0 Å². The molecule has 3 nitrogen and oxygen atoms in total. The minimum absolute atomic E-state index is 0.592. The second-order valence-electron chi connectivity index (χ2n) is 4.03. The predicted octanol–water partition coefficient (Wildman–Crippen LogP) is 2.45. The van der Waals surface area contributed by atoms with E-state index in [1.807, 2.05) is 4.57 Å². The lowest BCUT2D eigenvalue weighted by atomic mass is 10.0. The maximum absolute atomic E-state index is 3.78. The molecule has 0 radical (unpaired) electrons. The lowest BCUT2D eigenvalue weighted by Crippen LogP contribution is -1.97. The first kappa shape index (κ1) is 9.90. The molecule has 3 heteroatoms. The van der Waals surface area contributed by atoms with Gasteiger partial charge in [0.2, 0.25) is 0 Å². The quantitative estimate of drug-likeness (QED) is 0.763.